The molecule has 1 saturated carbocycles. The van der Waals surface area contributed by atoms with E-state index < -0.39 is 5.97 Å². The van der Waals surface area contributed by atoms with Crippen LogP contribution in [0.25, 0.3) is 0 Å². The van der Waals surface area contributed by atoms with Crippen molar-refractivity contribution in [3.8, 4) is 0 Å². The lowest BCUT2D eigenvalue weighted by atomic mass is 9.85. The van der Waals surface area contributed by atoms with E-state index in [2.05, 4.69) is 10.3 Å². The summed E-state index contributed by atoms with van der Waals surface area (Å²) in [7, 11) is 1.34. The minimum absolute atomic E-state index is 0.0641. The van der Waals surface area contributed by atoms with Crippen molar-refractivity contribution >= 4 is 28.3 Å². The predicted molar refractivity (Wildman–Crippen MR) is 90.7 cm³/mol. The minimum Gasteiger partial charge on any atom is -0.465 e. The van der Waals surface area contributed by atoms with Gasteiger partial charge in [0.15, 0.2) is 5.13 Å². The van der Waals surface area contributed by atoms with Crippen LogP contribution in [-0.2, 0) is 14.9 Å². The molecule has 0 bridgehead atoms. The molecule has 1 heterocycles. The fourth-order valence-electron chi connectivity index (χ4n) is 2.79. The third-order valence-electron chi connectivity index (χ3n) is 4.02. The van der Waals surface area contributed by atoms with Gasteiger partial charge in [0.1, 0.15) is 4.88 Å². The molecule has 6 nitrogen and oxygen atoms in total. The van der Waals surface area contributed by atoms with Crippen LogP contribution in [0.1, 0.15) is 61.8 Å². The number of nitrogens with zero attached hydrogens (tertiary/aromatic N) is 1. The van der Waals surface area contributed by atoms with E-state index in [1.54, 1.807) is 0 Å². The number of nitrogens with two attached hydrogens (primary N) is 1. The van der Waals surface area contributed by atoms with E-state index in [1.165, 1.54) is 7.11 Å². The van der Waals surface area contributed by atoms with E-state index in [9.17, 15) is 9.59 Å². The Kier molecular flexibility index (Phi) is 5.41. The number of thiazole rings is 1. The van der Waals surface area contributed by atoms with Crippen molar-refractivity contribution in [3.63, 3.8) is 0 Å². The third-order valence-corrected chi connectivity index (χ3v) is 4.97. The van der Waals surface area contributed by atoms with Gasteiger partial charge in [0.2, 0.25) is 5.91 Å². The Hall–Kier alpha value is -1.47. The van der Waals surface area contributed by atoms with Gasteiger partial charge in [0.05, 0.1) is 12.8 Å². The Bertz CT molecular complexity index is 592. The summed E-state index contributed by atoms with van der Waals surface area (Å²) < 4.78 is 4.82. The van der Waals surface area contributed by atoms with Crippen LogP contribution in [0.15, 0.2) is 0 Å². The summed E-state index contributed by atoms with van der Waals surface area (Å²) in [5.74, 6) is -0.569. The molecule has 0 aromatic carbocycles. The molecule has 23 heavy (non-hydrogen) atoms. The Balaban J connectivity index is 2.18. The van der Waals surface area contributed by atoms with E-state index in [-0.39, 0.29) is 23.3 Å². The molecular weight excluding hydrogens is 314 g/mol. The second kappa shape index (κ2) is 6.97. The van der Waals surface area contributed by atoms with Crippen LogP contribution in [0.4, 0.5) is 5.13 Å². The van der Waals surface area contributed by atoms with Gasteiger partial charge in [-0.15, -0.1) is 0 Å². The second-order valence-electron chi connectivity index (χ2n) is 7.05. The zero-order chi connectivity index (χ0) is 17.2. The Morgan fingerprint density at radius 2 is 2.04 bits per heavy atom. The number of anilines is 1. The van der Waals surface area contributed by atoms with Gasteiger partial charge in [-0.2, -0.15) is 0 Å². The lowest BCUT2D eigenvalue weighted by molar-refractivity contribution is -0.120. The summed E-state index contributed by atoms with van der Waals surface area (Å²) in [5.41, 5.74) is 6.28. The van der Waals surface area contributed by atoms with E-state index in [4.69, 9.17) is 10.5 Å². The first-order valence-electron chi connectivity index (χ1n) is 7.88. The number of esters is 1. The third kappa shape index (κ3) is 4.29. The van der Waals surface area contributed by atoms with E-state index >= 15 is 0 Å². The molecule has 0 saturated heterocycles. The average Bonchev–Trinajstić information content (AvgIpc) is 2.90. The van der Waals surface area contributed by atoms with Crippen molar-refractivity contribution in [1.29, 1.82) is 0 Å². The van der Waals surface area contributed by atoms with E-state index in [0.29, 0.717) is 22.1 Å². The number of rotatable bonds is 3. The molecule has 128 valence electrons. The molecule has 1 aromatic heterocycles. The summed E-state index contributed by atoms with van der Waals surface area (Å²) in [6.45, 7) is 5.92. The molecule has 3 N–H and O–H groups in total. The van der Waals surface area contributed by atoms with Gasteiger partial charge in [-0.05, 0) is 19.3 Å². The monoisotopic (exact) mass is 339 g/mol. The molecule has 1 fully saturated rings. The summed E-state index contributed by atoms with van der Waals surface area (Å²) in [4.78, 5) is 29.2. The standard InChI is InChI=1S/C16H25N3O3S/c1-16(2,3)12-11(14(21)22-4)23-15(18-12)19-13(20)9-6-5-7-10(17)8-9/h9-10H,5-8,17H2,1-4H3,(H,18,19,20). The topological polar surface area (TPSA) is 94.3 Å². The normalized spacial score (nSPS) is 21.8. The minimum atomic E-state index is -0.424. The van der Waals surface area contributed by atoms with Gasteiger partial charge in [-0.25, -0.2) is 9.78 Å². The highest BCUT2D eigenvalue weighted by atomic mass is 32.1. The summed E-state index contributed by atoms with van der Waals surface area (Å²) >= 11 is 1.16. The number of nitrogens with one attached hydrogen (secondary N) is 1. The van der Waals surface area contributed by atoms with Gasteiger partial charge < -0.3 is 15.8 Å². The van der Waals surface area contributed by atoms with Crippen molar-refractivity contribution in [1.82, 2.24) is 4.98 Å². The second-order valence-corrected chi connectivity index (χ2v) is 8.05. The number of carbonyl (C=O) groups excluding carboxylic acids is 2. The number of aromatic nitrogens is 1. The molecule has 0 radical (unpaired) electrons. The van der Waals surface area contributed by atoms with Gasteiger partial charge in [0.25, 0.3) is 0 Å². The SMILES string of the molecule is COC(=O)c1sc(NC(=O)C2CCCC(N)C2)nc1C(C)(C)C. The van der Waals surface area contributed by atoms with Gasteiger partial charge >= 0.3 is 5.97 Å². The first-order chi connectivity index (χ1) is 10.7. The lowest BCUT2D eigenvalue weighted by Crippen LogP contribution is -2.34. The number of carbonyl (C=O) groups is 2. The van der Waals surface area contributed by atoms with Crippen molar-refractivity contribution in [2.75, 3.05) is 12.4 Å². The van der Waals surface area contributed by atoms with Crippen LogP contribution >= 0.6 is 11.3 Å². The maximum atomic E-state index is 12.4. The fourth-order valence-corrected chi connectivity index (χ4v) is 3.88. The number of amides is 1. The van der Waals surface area contributed by atoms with Crippen LogP contribution in [0, 0.1) is 5.92 Å². The summed E-state index contributed by atoms with van der Waals surface area (Å²) in [6.07, 6.45) is 3.49. The maximum Gasteiger partial charge on any atom is 0.350 e. The molecule has 7 heteroatoms. The van der Waals surface area contributed by atoms with Gasteiger partial charge in [0, 0.05) is 17.4 Å². The van der Waals surface area contributed by atoms with Gasteiger partial charge in [-0.3, -0.25) is 4.79 Å². The Morgan fingerprint density at radius 3 is 2.61 bits per heavy atom. The molecule has 1 aliphatic rings. The highest BCUT2D eigenvalue weighted by Gasteiger charge is 2.30. The van der Waals surface area contributed by atoms with E-state index in [0.717, 1.165) is 30.6 Å². The highest BCUT2D eigenvalue weighted by molar-refractivity contribution is 7.17. The van der Waals surface area contributed by atoms with Crippen molar-refractivity contribution < 1.29 is 14.3 Å². The summed E-state index contributed by atoms with van der Waals surface area (Å²) in [5, 5.41) is 3.29. The van der Waals surface area contributed by atoms with Crippen LogP contribution in [0.5, 0.6) is 0 Å². The highest BCUT2D eigenvalue weighted by Crippen LogP contribution is 2.33. The number of hydrogen-bond acceptors (Lipinski definition) is 6. The first kappa shape index (κ1) is 17.9. The smallest absolute Gasteiger partial charge is 0.350 e. The molecular formula is C16H25N3O3S. The van der Waals surface area contributed by atoms with Gasteiger partial charge in [-0.1, -0.05) is 38.5 Å². The zero-order valence-electron chi connectivity index (χ0n) is 14.1. The van der Waals surface area contributed by atoms with E-state index in [1.807, 2.05) is 20.8 Å². The number of hydrogen-bond donors (Lipinski definition) is 2. The molecule has 2 unspecified atom stereocenters. The molecule has 1 amide bonds. The number of ether oxygens (including phenoxy) is 1. The Labute approximate surface area is 140 Å². The summed E-state index contributed by atoms with van der Waals surface area (Å²) in [6, 6.07) is 0.0894. The first-order valence-corrected chi connectivity index (χ1v) is 8.70. The van der Waals surface area contributed by atoms with Crippen molar-refractivity contribution in [2.24, 2.45) is 11.7 Å². The maximum absolute atomic E-state index is 12.4. The quantitative estimate of drug-likeness (QED) is 0.826. The van der Waals surface area contributed by atoms with Crippen LogP contribution in [-0.4, -0.2) is 30.0 Å². The molecule has 2 atom stereocenters. The lowest BCUT2D eigenvalue weighted by Gasteiger charge is -2.25. The molecule has 2 rings (SSSR count). The molecule has 1 aliphatic carbocycles. The van der Waals surface area contributed by atoms with Crippen molar-refractivity contribution in [2.45, 2.75) is 57.9 Å². The van der Waals surface area contributed by atoms with Crippen LogP contribution < -0.4 is 11.1 Å². The fraction of sp³-hybridized carbons (Fsp3) is 0.688. The van der Waals surface area contributed by atoms with Crippen LogP contribution in [0.3, 0.4) is 0 Å². The molecule has 0 aliphatic heterocycles. The molecule has 0 spiro atoms. The Morgan fingerprint density at radius 1 is 1.35 bits per heavy atom. The zero-order valence-corrected chi connectivity index (χ0v) is 15.0. The predicted octanol–water partition coefficient (Wildman–Crippen LogP) is 2.68. The largest absolute Gasteiger partial charge is 0.465 e. The van der Waals surface area contributed by atoms with Crippen molar-refractivity contribution in [3.05, 3.63) is 10.6 Å². The molecule has 1 aromatic rings. The van der Waals surface area contributed by atoms with Crippen LogP contribution in [0.2, 0.25) is 0 Å². The number of methoxy groups -OCH3 is 1. The average molecular weight is 339 g/mol.